The van der Waals surface area contributed by atoms with E-state index in [1.54, 1.807) is 0 Å². The van der Waals surface area contributed by atoms with Gasteiger partial charge in [0.1, 0.15) is 30.5 Å². The maximum absolute atomic E-state index is 12.4. The Labute approximate surface area is 155 Å². The molecule has 4 heterocycles. The van der Waals surface area contributed by atoms with Crippen molar-refractivity contribution in [3.63, 3.8) is 0 Å². The highest BCUT2D eigenvalue weighted by molar-refractivity contribution is 7.99. The zero-order valence-electron chi connectivity index (χ0n) is 13.6. The van der Waals surface area contributed by atoms with Crippen molar-refractivity contribution < 1.29 is 29.0 Å². The van der Waals surface area contributed by atoms with E-state index in [4.69, 9.17) is 10.5 Å². The fraction of sp³-hybridized carbons (Fsp3) is 0.462. The minimum Gasteiger partial charge on any atom is -0.487 e. The summed E-state index contributed by atoms with van der Waals surface area (Å²) in [6.07, 6.45) is 0.0623. The van der Waals surface area contributed by atoms with Gasteiger partial charge in [0.15, 0.2) is 5.70 Å². The van der Waals surface area contributed by atoms with E-state index >= 15 is 0 Å². The zero-order valence-corrected chi connectivity index (χ0v) is 14.4. The van der Waals surface area contributed by atoms with Crippen LogP contribution in [0.15, 0.2) is 16.6 Å². The number of nitrogens with zero attached hydrogens (tertiary/aromatic N) is 6. The highest BCUT2D eigenvalue weighted by Gasteiger charge is 2.64. The van der Waals surface area contributed by atoms with Crippen LogP contribution in [0.4, 0.5) is 0 Å². The van der Waals surface area contributed by atoms with Crippen molar-refractivity contribution in [3.8, 4) is 0 Å². The number of likely N-dealkylation sites (tertiary alicyclic amines) is 1. The van der Waals surface area contributed by atoms with Gasteiger partial charge in [0, 0.05) is 0 Å². The maximum atomic E-state index is 12.4. The molecule has 0 radical (unpaired) electrons. The number of nitrogens with two attached hydrogens (primary N) is 1. The molecule has 0 aromatic carbocycles. The van der Waals surface area contributed by atoms with Gasteiger partial charge in [-0.1, -0.05) is 11.8 Å². The average molecular weight is 395 g/mol. The molecule has 142 valence electrons. The SMILES string of the molecule is NC(=O)Cn1nnnc1SCC1=C(C(=O)O)N2C(=O)[C@@H]3[C@H]2[C@@H](CN3C=O)O1. The number of hydrogen-bond donors (Lipinski definition) is 2. The van der Waals surface area contributed by atoms with E-state index in [-0.39, 0.29) is 35.5 Å². The van der Waals surface area contributed by atoms with Crippen molar-refractivity contribution in [1.29, 1.82) is 0 Å². The summed E-state index contributed by atoms with van der Waals surface area (Å²) in [5.41, 5.74) is 4.87. The fourth-order valence-electron chi connectivity index (χ4n) is 3.48. The Morgan fingerprint density at radius 3 is 2.89 bits per heavy atom. The summed E-state index contributed by atoms with van der Waals surface area (Å²) in [5, 5.41) is 20.6. The molecular formula is C13H13N7O6S. The van der Waals surface area contributed by atoms with E-state index < -0.39 is 36.0 Å². The molecule has 14 heteroatoms. The van der Waals surface area contributed by atoms with Gasteiger partial charge in [0.25, 0.3) is 5.91 Å². The number of tetrazole rings is 1. The van der Waals surface area contributed by atoms with Crippen molar-refractivity contribution in [2.24, 2.45) is 5.73 Å². The Balaban J connectivity index is 1.58. The molecule has 13 nitrogen and oxygen atoms in total. The van der Waals surface area contributed by atoms with Gasteiger partial charge in [-0.05, 0) is 10.4 Å². The van der Waals surface area contributed by atoms with Gasteiger partial charge in [-0.2, -0.15) is 0 Å². The molecule has 0 spiro atoms. The molecular weight excluding hydrogens is 382 g/mol. The Morgan fingerprint density at radius 2 is 2.22 bits per heavy atom. The van der Waals surface area contributed by atoms with Crippen LogP contribution in [-0.2, 0) is 30.5 Å². The number of ether oxygens (including phenoxy) is 1. The van der Waals surface area contributed by atoms with Gasteiger partial charge >= 0.3 is 5.97 Å². The topological polar surface area (TPSA) is 174 Å². The molecule has 2 saturated heterocycles. The van der Waals surface area contributed by atoms with E-state index in [1.165, 1.54) is 14.5 Å². The van der Waals surface area contributed by atoms with Gasteiger partial charge in [-0.3, -0.25) is 19.3 Å². The first-order valence-corrected chi connectivity index (χ1v) is 8.75. The van der Waals surface area contributed by atoms with Crippen LogP contribution in [0.5, 0.6) is 0 Å². The van der Waals surface area contributed by atoms with Crippen LogP contribution >= 0.6 is 11.8 Å². The van der Waals surface area contributed by atoms with E-state index in [0.717, 1.165) is 11.8 Å². The standard InChI is InChI=1S/C13H13N7O6S/c14-7(22)2-19-13(15-16-17-19)27-3-6-9(12(24)25)20-8-5(26-6)1-18(4-21)10(8)11(20)23/h4-5,8,10H,1-3H2,(H2,14,22)(H,24,25)/t5-,8-,10+/m1/s1. The number of carbonyl (C=O) groups excluding carboxylic acids is 3. The third kappa shape index (κ3) is 2.59. The van der Waals surface area contributed by atoms with E-state index in [1.807, 2.05) is 0 Å². The first-order chi connectivity index (χ1) is 12.9. The number of thioether (sulfide) groups is 1. The Morgan fingerprint density at radius 1 is 1.44 bits per heavy atom. The molecule has 1 aromatic rings. The van der Waals surface area contributed by atoms with Crippen LogP contribution in [0.25, 0.3) is 0 Å². The Kier molecular flexibility index (Phi) is 3.98. The molecule has 0 unspecified atom stereocenters. The first kappa shape index (κ1) is 17.3. The molecule has 0 bridgehead atoms. The van der Waals surface area contributed by atoms with Crippen molar-refractivity contribution in [2.75, 3.05) is 12.3 Å². The summed E-state index contributed by atoms with van der Waals surface area (Å²) in [6.45, 7) is -0.0339. The molecule has 27 heavy (non-hydrogen) atoms. The zero-order chi connectivity index (χ0) is 19.3. The number of carboxylic acids is 1. The molecule has 3 aliphatic rings. The van der Waals surface area contributed by atoms with Crippen LogP contribution in [0.2, 0.25) is 0 Å². The van der Waals surface area contributed by atoms with E-state index in [2.05, 4.69) is 15.5 Å². The molecule has 3 amide bonds. The van der Waals surface area contributed by atoms with Gasteiger partial charge < -0.3 is 20.5 Å². The lowest BCUT2D eigenvalue weighted by atomic mass is 9.91. The van der Waals surface area contributed by atoms with Gasteiger partial charge in [0.2, 0.25) is 17.5 Å². The third-order valence-electron chi connectivity index (χ3n) is 4.51. The van der Waals surface area contributed by atoms with Crippen molar-refractivity contribution in [2.45, 2.75) is 29.9 Å². The third-order valence-corrected chi connectivity index (χ3v) is 5.47. The molecule has 2 fully saturated rings. The highest BCUT2D eigenvalue weighted by Crippen LogP contribution is 2.43. The molecule has 3 aliphatic heterocycles. The number of hydrogen-bond acceptors (Lipinski definition) is 9. The minimum absolute atomic E-state index is 0.0134. The summed E-state index contributed by atoms with van der Waals surface area (Å²) in [5.74, 6) is -2.31. The second-order valence-corrected chi connectivity index (χ2v) is 7.00. The van der Waals surface area contributed by atoms with Crippen LogP contribution in [0.3, 0.4) is 0 Å². The minimum atomic E-state index is -1.31. The monoisotopic (exact) mass is 395 g/mol. The summed E-state index contributed by atoms with van der Waals surface area (Å²) in [6, 6.07) is -1.18. The number of amides is 3. The van der Waals surface area contributed by atoms with Crippen LogP contribution in [0.1, 0.15) is 0 Å². The van der Waals surface area contributed by atoms with E-state index in [9.17, 15) is 24.3 Å². The van der Waals surface area contributed by atoms with Crippen molar-refractivity contribution >= 4 is 36.0 Å². The highest BCUT2D eigenvalue weighted by atomic mass is 32.2. The summed E-state index contributed by atoms with van der Waals surface area (Å²) in [7, 11) is 0. The van der Waals surface area contributed by atoms with Crippen LogP contribution in [0, 0.1) is 0 Å². The maximum Gasteiger partial charge on any atom is 0.356 e. The number of rotatable bonds is 7. The van der Waals surface area contributed by atoms with Crippen molar-refractivity contribution in [1.82, 2.24) is 30.0 Å². The quantitative estimate of drug-likeness (QED) is 0.275. The number of aromatic nitrogens is 4. The average Bonchev–Trinajstić information content (AvgIpc) is 3.19. The lowest BCUT2D eigenvalue weighted by molar-refractivity contribution is -0.162. The smallest absolute Gasteiger partial charge is 0.356 e. The summed E-state index contributed by atoms with van der Waals surface area (Å²) >= 11 is 1.04. The van der Waals surface area contributed by atoms with Crippen LogP contribution < -0.4 is 5.73 Å². The second kappa shape index (κ2) is 6.22. The Hall–Kier alpha value is -3.16. The summed E-state index contributed by atoms with van der Waals surface area (Å²) < 4.78 is 6.97. The molecule has 3 atom stereocenters. The number of primary amides is 1. The van der Waals surface area contributed by atoms with Gasteiger partial charge in [0.05, 0.1) is 12.3 Å². The fourth-order valence-corrected chi connectivity index (χ4v) is 4.29. The number of β-lactam (4-membered cyclic amide) rings is 1. The van der Waals surface area contributed by atoms with E-state index in [0.29, 0.717) is 6.41 Å². The predicted molar refractivity (Wildman–Crippen MR) is 84.5 cm³/mol. The number of carbonyl (C=O) groups is 4. The molecule has 4 rings (SSSR count). The molecule has 1 aromatic heterocycles. The lowest BCUT2D eigenvalue weighted by Gasteiger charge is -2.48. The number of carboxylic acid groups (broad SMARTS) is 1. The largest absolute Gasteiger partial charge is 0.487 e. The first-order valence-electron chi connectivity index (χ1n) is 7.77. The molecule has 3 N–H and O–H groups in total. The van der Waals surface area contributed by atoms with Gasteiger partial charge in [-0.25, -0.2) is 9.48 Å². The summed E-state index contributed by atoms with van der Waals surface area (Å²) in [4.78, 5) is 48.8. The lowest BCUT2D eigenvalue weighted by Crippen LogP contribution is -2.70. The molecule has 0 aliphatic carbocycles. The normalized spacial score (nSPS) is 25.8. The predicted octanol–water partition coefficient (Wildman–Crippen LogP) is -3.00. The van der Waals surface area contributed by atoms with Gasteiger partial charge in [-0.15, -0.1) is 5.10 Å². The van der Waals surface area contributed by atoms with Crippen molar-refractivity contribution in [3.05, 3.63) is 11.5 Å². The van der Waals surface area contributed by atoms with Crippen LogP contribution in [-0.4, -0.2) is 89.8 Å². The number of aliphatic carboxylic acids is 1. The second-order valence-electron chi connectivity index (χ2n) is 6.05. The molecule has 0 saturated carbocycles. The Bertz CT molecular complexity index is 884.